The third kappa shape index (κ3) is 3.38. The standard InChI is InChI=1S/C21H20ClN3/c1-14-23-20(17-10-4-5-11-18(17)22)13-21(24-14)25-19-12-6-8-15-7-2-3-9-16(15)19/h2-5,7,9-11,13,19H,6,8,12H2,1H3,(H,23,24,25)/t19-/m1/s1. The van der Waals surface area contributed by atoms with Gasteiger partial charge >= 0.3 is 0 Å². The fraction of sp³-hybridized carbons (Fsp3) is 0.238. The molecule has 25 heavy (non-hydrogen) atoms. The lowest BCUT2D eigenvalue weighted by Gasteiger charge is -2.27. The molecule has 4 rings (SSSR count). The van der Waals surface area contributed by atoms with Crippen molar-refractivity contribution in [2.24, 2.45) is 0 Å². The van der Waals surface area contributed by atoms with Gasteiger partial charge in [0.15, 0.2) is 0 Å². The fourth-order valence-corrected chi connectivity index (χ4v) is 3.76. The molecule has 0 unspecified atom stereocenters. The van der Waals surface area contributed by atoms with Gasteiger partial charge in [-0.1, -0.05) is 54.1 Å². The van der Waals surface area contributed by atoms with Crippen LogP contribution in [0.4, 0.5) is 5.82 Å². The van der Waals surface area contributed by atoms with Gasteiger partial charge in [0.05, 0.1) is 11.7 Å². The number of hydrogen-bond acceptors (Lipinski definition) is 3. The summed E-state index contributed by atoms with van der Waals surface area (Å²) in [7, 11) is 0. The van der Waals surface area contributed by atoms with Gasteiger partial charge in [-0.05, 0) is 43.4 Å². The maximum Gasteiger partial charge on any atom is 0.130 e. The average Bonchev–Trinajstić information content (AvgIpc) is 2.62. The third-order valence-electron chi connectivity index (χ3n) is 4.68. The quantitative estimate of drug-likeness (QED) is 0.669. The number of halogens is 1. The molecule has 0 amide bonds. The largest absolute Gasteiger partial charge is 0.363 e. The zero-order valence-electron chi connectivity index (χ0n) is 14.2. The van der Waals surface area contributed by atoms with Gasteiger partial charge in [-0.2, -0.15) is 0 Å². The molecule has 4 heteroatoms. The zero-order valence-corrected chi connectivity index (χ0v) is 14.9. The van der Waals surface area contributed by atoms with Gasteiger partial charge in [-0.15, -0.1) is 0 Å². The van der Waals surface area contributed by atoms with Crippen LogP contribution in [-0.4, -0.2) is 9.97 Å². The summed E-state index contributed by atoms with van der Waals surface area (Å²) in [6, 6.07) is 18.7. The normalized spacial score (nSPS) is 16.3. The monoisotopic (exact) mass is 349 g/mol. The lowest BCUT2D eigenvalue weighted by atomic mass is 9.88. The number of fused-ring (bicyclic) bond motifs is 1. The molecule has 1 aliphatic rings. The Kier molecular flexibility index (Phi) is 4.41. The van der Waals surface area contributed by atoms with Crippen LogP contribution < -0.4 is 5.32 Å². The van der Waals surface area contributed by atoms with Crippen molar-refractivity contribution in [3.05, 3.63) is 76.6 Å². The van der Waals surface area contributed by atoms with E-state index in [2.05, 4.69) is 39.6 Å². The average molecular weight is 350 g/mol. The molecule has 0 aliphatic heterocycles. The Labute approximate surface area is 153 Å². The van der Waals surface area contributed by atoms with Crippen molar-refractivity contribution in [3.8, 4) is 11.3 Å². The van der Waals surface area contributed by atoms with Crippen LogP contribution in [0.3, 0.4) is 0 Å². The van der Waals surface area contributed by atoms with Crippen molar-refractivity contribution < 1.29 is 0 Å². The predicted octanol–water partition coefficient (Wildman–Crippen LogP) is 5.59. The Bertz CT molecular complexity index is 907. The Balaban J connectivity index is 1.67. The molecule has 0 bridgehead atoms. The molecule has 1 aliphatic carbocycles. The van der Waals surface area contributed by atoms with E-state index in [1.54, 1.807) is 0 Å². The van der Waals surface area contributed by atoms with Gasteiger partial charge in [-0.3, -0.25) is 0 Å². The minimum absolute atomic E-state index is 0.290. The van der Waals surface area contributed by atoms with Crippen LogP contribution in [0.2, 0.25) is 5.02 Å². The lowest BCUT2D eigenvalue weighted by Crippen LogP contribution is -2.18. The van der Waals surface area contributed by atoms with Crippen molar-refractivity contribution in [1.29, 1.82) is 0 Å². The maximum absolute atomic E-state index is 6.34. The molecule has 1 heterocycles. The molecule has 1 N–H and O–H groups in total. The maximum atomic E-state index is 6.34. The Morgan fingerprint density at radius 1 is 1.04 bits per heavy atom. The van der Waals surface area contributed by atoms with E-state index in [-0.39, 0.29) is 0 Å². The van der Waals surface area contributed by atoms with Gasteiger partial charge in [-0.25, -0.2) is 9.97 Å². The number of aromatic nitrogens is 2. The topological polar surface area (TPSA) is 37.8 Å². The second kappa shape index (κ2) is 6.85. The molecular weight excluding hydrogens is 330 g/mol. The van der Waals surface area contributed by atoms with Crippen LogP contribution in [0.5, 0.6) is 0 Å². The highest BCUT2D eigenvalue weighted by Gasteiger charge is 2.20. The van der Waals surface area contributed by atoms with E-state index in [1.807, 2.05) is 37.3 Å². The van der Waals surface area contributed by atoms with Gasteiger partial charge in [0.2, 0.25) is 0 Å². The summed E-state index contributed by atoms with van der Waals surface area (Å²) in [5, 5.41) is 4.32. The molecule has 2 aromatic carbocycles. The molecule has 0 radical (unpaired) electrons. The van der Waals surface area contributed by atoms with E-state index in [0.717, 1.165) is 35.7 Å². The molecule has 0 fully saturated rings. The summed E-state index contributed by atoms with van der Waals surface area (Å²) in [5.74, 6) is 1.59. The number of hydrogen-bond donors (Lipinski definition) is 1. The fourth-order valence-electron chi connectivity index (χ4n) is 3.53. The predicted molar refractivity (Wildman–Crippen MR) is 103 cm³/mol. The number of rotatable bonds is 3. The van der Waals surface area contributed by atoms with Crippen LogP contribution >= 0.6 is 11.6 Å². The number of aryl methyl sites for hydroxylation is 2. The minimum Gasteiger partial charge on any atom is -0.363 e. The van der Waals surface area contributed by atoms with E-state index < -0.39 is 0 Å². The Morgan fingerprint density at radius 3 is 2.72 bits per heavy atom. The Hall–Kier alpha value is -2.39. The highest BCUT2D eigenvalue weighted by molar-refractivity contribution is 6.33. The highest BCUT2D eigenvalue weighted by atomic mass is 35.5. The molecule has 0 saturated carbocycles. The van der Waals surface area contributed by atoms with Crippen molar-refractivity contribution in [1.82, 2.24) is 9.97 Å². The van der Waals surface area contributed by atoms with Gasteiger partial charge in [0.1, 0.15) is 11.6 Å². The number of nitrogens with zero attached hydrogens (tertiary/aromatic N) is 2. The van der Waals surface area contributed by atoms with Crippen molar-refractivity contribution in [3.63, 3.8) is 0 Å². The molecule has 1 aromatic heterocycles. The highest BCUT2D eigenvalue weighted by Crippen LogP contribution is 2.33. The first-order valence-electron chi connectivity index (χ1n) is 8.65. The van der Waals surface area contributed by atoms with Gasteiger partial charge in [0.25, 0.3) is 0 Å². The SMILES string of the molecule is Cc1nc(N[C@@H]2CCCc3ccccc32)cc(-c2ccccc2Cl)n1. The van der Waals surface area contributed by atoms with E-state index >= 15 is 0 Å². The summed E-state index contributed by atoms with van der Waals surface area (Å²) in [6.07, 6.45) is 3.46. The molecule has 3 aromatic rings. The summed E-state index contributed by atoms with van der Waals surface area (Å²) >= 11 is 6.34. The van der Waals surface area contributed by atoms with Crippen molar-refractivity contribution in [2.75, 3.05) is 5.32 Å². The second-order valence-corrected chi connectivity index (χ2v) is 6.86. The number of anilines is 1. The minimum atomic E-state index is 0.290. The van der Waals surface area contributed by atoms with E-state index in [9.17, 15) is 0 Å². The van der Waals surface area contributed by atoms with E-state index in [4.69, 9.17) is 11.6 Å². The summed E-state index contributed by atoms with van der Waals surface area (Å²) < 4.78 is 0. The number of benzene rings is 2. The first-order chi connectivity index (χ1) is 12.2. The molecule has 0 saturated heterocycles. The van der Waals surface area contributed by atoms with E-state index in [0.29, 0.717) is 11.1 Å². The first kappa shape index (κ1) is 16.1. The van der Waals surface area contributed by atoms with Crippen molar-refractivity contribution >= 4 is 17.4 Å². The second-order valence-electron chi connectivity index (χ2n) is 6.45. The van der Waals surface area contributed by atoms with Gasteiger partial charge in [0, 0.05) is 16.7 Å². The first-order valence-corrected chi connectivity index (χ1v) is 9.03. The van der Waals surface area contributed by atoms with Crippen LogP contribution in [0.1, 0.15) is 35.8 Å². The van der Waals surface area contributed by atoms with E-state index in [1.165, 1.54) is 17.5 Å². The molecule has 126 valence electrons. The third-order valence-corrected chi connectivity index (χ3v) is 5.01. The van der Waals surface area contributed by atoms with Crippen LogP contribution in [-0.2, 0) is 6.42 Å². The van der Waals surface area contributed by atoms with Gasteiger partial charge < -0.3 is 5.32 Å². The summed E-state index contributed by atoms with van der Waals surface area (Å²) in [6.45, 7) is 1.92. The molecule has 0 spiro atoms. The van der Waals surface area contributed by atoms with Crippen molar-refractivity contribution in [2.45, 2.75) is 32.2 Å². The summed E-state index contributed by atoms with van der Waals surface area (Å²) in [4.78, 5) is 9.16. The van der Waals surface area contributed by atoms with Crippen LogP contribution in [0.25, 0.3) is 11.3 Å². The lowest BCUT2D eigenvalue weighted by molar-refractivity contribution is 0.598. The molecular formula is C21H20ClN3. The smallest absolute Gasteiger partial charge is 0.130 e. The number of nitrogens with one attached hydrogen (secondary N) is 1. The zero-order chi connectivity index (χ0) is 17.2. The molecule has 3 nitrogen and oxygen atoms in total. The Morgan fingerprint density at radius 2 is 1.84 bits per heavy atom. The molecule has 1 atom stereocenters. The van der Waals surface area contributed by atoms with Crippen LogP contribution in [0.15, 0.2) is 54.6 Å². The summed E-state index contributed by atoms with van der Waals surface area (Å²) in [5.41, 5.74) is 4.60. The van der Waals surface area contributed by atoms with Crippen LogP contribution in [0, 0.1) is 6.92 Å².